The highest BCUT2D eigenvalue weighted by atomic mass is 16.7. The summed E-state index contributed by atoms with van der Waals surface area (Å²) in [5.74, 6) is 6.89. The molecule has 0 fully saturated rings. The number of nitrogens with zero attached hydrogens (tertiary/aromatic N) is 1. The van der Waals surface area contributed by atoms with E-state index in [9.17, 15) is 9.59 Å². The lowest BCUT2D eigenvalue weighted by molar-refractivity contribution is 0.0952. The van der Waals surface area contributed by atoms with Crippen LogP contribution in [0.15, 0.2) is 48.5 Å². The van der Waals surface area contributed by atoms with E-state index >= 15 is 0 Å². The zero-order valence-electron chi connectivity index (χ0n) is 15.6. The van der Waals surface area contributed by atoms with Gasteiger partial charge < -0.3 is 14.8 Å². The second-order valence-corrected chi connectivity index (χ2v) is 6.35. The number of hydrogen-bond donors (Lipinski definition) is 2. The Hall–Kier alpha value is -4.05. The number of ether oxygens (including phenoxy) is 2. The molecule has 144 valence electrons. The number of benzene rings is 2. The normalized spacial score (nSPS) is 11.5. The zero-order chi connectivity index (χ0) is 20.2. The summed E-state index contributed by atoms with van der Waals surface area (Å²) in [5, 5.41) is 9.64. The Balaban J connectivity index is 1.36. The van der Waals surface area contributed by atoms with Crippen LogP contribution in [-0.4, -0.2) is 35.2 Å². The van der Waals surface area contributed by atoms with Crippen molar-refractivity contribution in [1.82, 2.24) is 15.5 Å². The van der Waals surface area contributed by atoms with Crippen LogP contribution in [0.2, 0.25) is 0 Å². The van der Waals surface area contributed by atoms with Crippen LogP contribution < -0.4 is 14.8 Å². The first kappa shape index (κ1) is 18.3. The molecule has 0 spiro atoms. The van der Waals surface area contributed by atoms with Gasteiger partial charge in [0.1, 0.15) is 5.69 Å². The van der Waals surface area contributed by atoms with E-state index in [4.69, 9.17) is 9.47 Å². The van der Waals surface area contributed by atoms with Crippen LogP contribution in [0.5, 0.6) is 11.5 Å². The van der Waals surface area contributed by atoms with Gasteiger partial charge in [0.15, 0.2) is 17.3 Å². The number of ketones is 1. The molecule has 3 aromatic rings. The predicted molar refractivity (Wildman–Crippen MR) is 106 cm³/mol. The maximum atomic E-state index is 12.3. The van der Waals surface area contributed by atoms with Crippen LogP contribution >= 0.6 is 0 Å². The minimum Gasteiger partial charge on any atom is -0.454 e. The van der Waals surface area contributed by atoms with Crippen molar-refractivity contribution in [2.24, 2.45) is 0 Å². The third-order valence-corrected chi connectivity index (χ3v) is 4.35. The number of amides is 1. The summed E-state index contributed by atoms with van der Waals surface area (Å²) in [7, 11) is 0. The van der Waals surface area contributed by atoms with E-state index in [2.05, 4.69) is 27.4 Å². The number of hydrogen-bond acceptors (Lipinski definition) is 5. The summed E-state index contributed by atoms with van der Waals surface area (Å²) in [5.41, 5.74) is 3.20. The molecule has 7 nitrogen and oxygen atoms in total. The molecule has 1 amide bonds. The number of aromatic nitrogens is 2. The Morgan fingerprint density at radius 3 is 2.69 bits per heavy atom. The first-order valence-electron chi connectivity index (χ1n) is 8.93. The number of carbonyl (C=O) groups excluding carboxylic acids is 2. The Labute approximate surface area is 167 Å². The predicted octanol–water partition coefficient (Wildman–Crippen LogP) is 2.79. The number of nitrogens with one attached hydrogen (secondary N) is 2. The van der Waals surface area contributed by atoms with Gasteiger partial charge in [-0.3, -0.25) is 14.7 Å². The van der Waals surface area contributed by atoms with E-state index < -0.39 is 0 Å². The zero-order valence-corrected chi connectivity index (χ0v) is 15.6. The van der Waals surface area contributed by atoms with Crippen LogP contribution in [0.25, 0.3) is 11.3 Å². The number of Topliss-reactive ketones (excluding diaryl/α,β-unsaturated/α-hetero) is 1. The minimum atomic E-state index is -0.300. The molecule has 1 aromatic heterocycles. The molecule has 2 N–H and O–H groups in total. The lowest BCUT2D eigenvalue weighted by atomic mass is 10.1. The Morgan fingerprint density at radius 2 is 1.90 bits per heavy atom. The molecule has 7 heteroatoms. The van der Waals surface area contributed by atoms with Crippen molar-refractivity contribution in [2.45, 2.75) is 6.92 Å². The fourth-order valence-corrected chi connectivity index (χ4v) is 2.80. The molecule has 0 saturated carbocycles. The topological polar surface area (TPSA) is 93.3 Å². The number of aromatic amines is 1. The average molecular weight is 387 g/mol. The number of carbonyl (C=O) groups is 2. The molecule has 0 unspecified atom stereocenters. The number of fused-ring (bicyclic) bond motifs is 1. The van der Waals surface area contributed by atoms with Crippen molar-refractivity contribution >= 4 is 11.7 Å². The monoisotopic (exact) mass is 387 g/mol. The van der Waals surface area contributed by atoms with Gasteiger partial charge in [-0.05, 0) is 43.3 Å². The minimum absolute atomic E-state index is 0.0106. The van der Waals surface area contributed by atoms with Gasteiger partial charge in [0, 0.05) is 16.7 Å². The van der Waals surface area contributed by atoms with Gasteiger partial charge in [0.2, 0.25) is 6.79 Å². The maximum Gasteiger partial charge on any atom is 0.270 e. The fraction of sp³-hybridized carbons (Fsp3) is 0.136. The highest BCUT2D eigenvalue weighted by Crippen LogP contribution is 2.35. The van der Waals surface area contributed by atoms with E-state index in [1.54, 1.807) is 30.3 Å². The molecule has 1 aliphatic rings. The Morgan fingerprint density at radius 1 is 1.10 bits per heavy atom. The third-order valence-electron chi connectivity index (χ3n) is 4.35. The third kappa shape index (κ3) is 4.12. The molecule has 4 rings (SSSR count). The molecular formula is C22H17N3O4. The summed E-state index contributed by atoms with van der Waals surface area (Å²) in [4.78, 5) is 23.5. The quantitative estimate of drug-likeness (QED) is 0.530. The molecule has 0 aliphatic carbocycles. The van der Waals surface area contributed by atoms with Gasteiger partial charge in [0.05, 0.1) is 12.2 Å². The summed E-state index contributed by atoms with van der Waals surface area (Å²) >= 11 is 0. The lowest BCUT2D eigenvalue weighted by Crippen LogP contribution is -2.23. The van der Waals surface area contributed by atoms with Gasteiger partial charge in [-0.2, -0.15) is 5.10 Å². The fourth-order valence-electron chi connectivity index (χ4n) is 2.80. The molecule has 0 atom stereocenters. The second kappa shape index (κ2) is 7.90. The molecule has 1 aliphatic heterocycles. The van der Waals surface area contributed by atoms with Crippen LogP contribution in [0.3, 0.4) is 0 Å². The van der Waals surface area contributed by atoms with Crippen molar-refractivity contribution in [3.8, 4) is 34.6 Å². The Kier molecular flexibility index (Phi) is 4.99. The van der Waals surface area contributed by atoms with Crippen molar-refractivity contribution in [1.29, 1.82) is 0 Å². The summed E-state index contributed by atoms with van der Waals surface area (Å²) in [6.45, 7) is 1.91. The summed E-state index contributed by atoms with van der Waals surface area (Å²) < 4.78 is 10.7. The van der Waals surface area contributed by atoms with Crippen LogP contribution in [0.1, 0.15) is 33.3 Å². The van der Waals surface area contributed by atoms with E-state index in [1.165, 1.54) is 6.92 Å². The summed E-state index contributed by atoms with van der Waals surface area (Å²) in [6.07, 6.45) is 0. The van der Waals surface area contributed by atoms with Crippen molar-refractivity contribution in [3.63, 3.8) is 0 Å². The van der Waals surface area contributed by atoms with Crippen LogP contribution in [0.4, 0.5) is 0 Å². The van der Waals surface area contributed by atoms with Gasteiger partial charge >= 0.3 is 0 Å². The lowest BCUT2D eigenvalue weighted by Gasteiger charge is -1.99. The van der Waals surface area contributed by atoms with Gasteiger partial charge in [-0.1, -0.05) is 24.0 Å². The highest BCUT2D eigenvalue weighted by Gasteiger charge is 2.16. The van der Waals surface area contributed by atoms with Crippen molar-refractivity contribution < 1.29 is 19.1 Å². The standard InChI is InChI=1S/C22H17N3O4/c1-14(26)16-6-4-15(5-7-16)3-2-10-23-22(27)19-12-18(24-25-19)17-8-9-20-21(11-17)29-13-28-20/h4-9,11-12H,10,13H2,1H3,(H,23,27)(H,24,25). The van der Waals surface area contributed by atoms with E-state index in [1.807, 2.05) is 18.2 Å². The second-order valence-electron chi connectivity index (χ2n) is 6.35. The summed E-state index contributed by atoms with van der Waals surface area (Å²) in [6, 6.07) is 14.2. The Bertz CT molecular complexity index is 1140. The molecule has 0 bridgehead atoms. The largest absolute Gasteiger partial charge is 0.454 e. The molecule has 2 heterocycles. The maximum absolute atomic E-state index is 12.3. The first-order valence-corrected chi connectivity index (χ1v) is 8.93. The molecule has 0 saturated heterocycles. The average Bonchev–Trinajstić information content (AvgIpc) is 3.40. The molecule has 29 heavy (non-hydrogen) atoms. The number of rotatable bonds is 4. The van der Waals surface area contributed by atoms with Gasteiger partial charge in [0.25, 0.3) is 5.91 Å². The molecule has 0 radical (unpaired) electrons. The van der Waals surface area contributed by atoms with E-state index in [0.29, 0.717) is 28.5 Å². The number of H-pyrrole nitrogens is 1. The first-order chi connectivity index (χ1) is 14.1. The molecule has 2 aromatic carbocycles. The smallest absolute Gasteiger partial charge is 0.270 e. The van der Waals surface area contributed by atoms with Gasteiger partial charge in [-0.15, -0.1) is 0 Å². The van der Waals surface area contributed by atoms with Crippen molar-refractivity contribution in [2.75, 3.05) is 13.3 Å². The van der Waals surface area contributed by atoms with E-state index in [-0.39, 0.29) is 25.0 Å². The van der Waals surface area contributed by atoms with Crippen molar-refractivity contribution in [3.05, 3.63) is 65.4 Å². The van der Waals surface area contributed by atoms with Crippen LogP contribution in [-0.2, 0) is 0 Å². The SMILES string of the molecule is CC(=O)c1ccc(C#CCNC(=O)c2cc(-c3ccc4c(c3)OCO4)n[nH]2)cc1. The van der Waals surface area contributed by atoms with Crippen LogP contribution in [0, 0.1) is 11.8 Å². The van der Waals surface area contributed by atoms with E-state index in [0.717, 1.165) is 11.1 Å². The van der Waals surface area contributed by atoms with Gasteiger partial charge in [-0.25, -0.2) is 0 Å². The molecular weight excluding hydrogens is 370 g/mol. The highest BCUT2D eigenvalue weighted by molar-refractivity contribution is 5.94.